The van der Waals surface area contributed by atoms with Crippen molar-refractivity contribution in [3.8, 4) is 11.3 Å². The SMILES string of the molecule is C1CC1.CS(=O)(=O)c1ccccc1-c1ccc2cnc(Nc3ccc4[nH]ncc4c3)nn12. The normalized spacial score (nSPS) is 13.0. The molecule has 1 fully saturated rings. The molecule has 2 aromatic carbocycles. The van der Waals surface area contributed by atoms with Crippen LogP contribution >= 0.6 is 0 Å². The number of hydrogen-bond acceptors (Lipinski definition) is 6. The van der Waals surface area contributed by atoms with E-state index in [9.17, 15) is 8.42 Å². The highest BCUT2D eigenvalue weighted by Crippen LogP contribution is 2.29. The topological polar surface area (TPSA) is 105 Å². The summed E-state index contributed by atoms with van der Waals surface area (Å²) in [6, 6.07) is 16.4. The highest BCUT2D eigenvalue weighted by Gasteiger charge is 2.17. The fourth-order valence-corrected chi connectivity index (χ4v) is 4.21. The fourth-order valence-electron chi connectivity index (χ4n) is 3.31. The first-order valence-corrected chi connectivity index (χ1v) is 12.2. The zero-order chi connectivity index (χ0) is 22.1. The zero-order valence-electron chi connectivity index (χ0n) is 17.5. The summed E-state index contributed by atoms with van der Waals surface area (Å²) in [5.41, 5.74) is 3.80. The summed E-state index contributed by atoms with van der Waals surface area (Å²) in [5.74, 6) is 0.398. The number of aromatic amines is 1. The fraction of sp³-hybridized carbons (Fsp3) is 0.174. The van der Waals surface area contributed by atoms with Gasteiger partial charge in [-0.25, -0.2) is 17.9 Å². The van der Waals surface area contributed by atoms with Gasteiger partial charge in [0, 0.05) is 22.9 Å². The minimum atomic E-state index is -3.38. The summed E-state index contributed by atoms with van der Waals surface area (Å²) in [7, 11) is -3.38. The predicted octanol–water partition coefficient (Wildman–Crippen LogP) is 4.59. The third-order valence-electron chi connectivity index (χ3n) is 5.01. The molecule has 3 aromatic heterocycles. The molecule has 0 spiro atoms. The van der Waals surface area contributed by atoms with E-state index < -0.39 is 9.84 Å². The molecule has 1 aliphatic rings. The molecule has 9 heteroatoms. The molecule has 0 atom stereocenters. The number of sulfone groups is 1. The highest BCUT2D eigenvalue weighted by atomic mass is 32.2. The molecule has 0 saturated heterocycles. The van der Waals surface area contributed by atoms with Gasteiger partial charge in [0.2, 0.25) is 5.95 Å². The summed E-state index contributed by atoms with van der Waals surface area (Å²) >= 11 is 0. The molecule has 0 unspecified atom stereocenters. The van der Waals surface area contributed by atoms with Crippen molar-refractivity contribution in [1.82, 2.24) is 24.8 Å². The van der Waals surface area contributed by atoms with Crippen molar-refractivity contribution < 1.29 is 8.42 Å². The van der Waals surface area contributed by atoms with Crippen LogP contribution in [0.1, 0.15) is 19.3 Å². The number of nitrogens with zero attached hydrogens (tertiary/aromatic N) is 4. The van der Waals surface area contributed by atoms with Crippen molar-refractivity contribution in [3.05, 3.63) is 67.0 Å². The van der Waals surface area contributed by atoms with Gasteiger partial charge in [-0.3, -0.25) is 5.10 Å². The molecule has 0 bridgehead atoms. The summed E-state index contributed by atoms with van der Waals surface area (Å²) in [6.45, 7) is 0. The van der Waals surface area contributed by atoms with E-state index in [0.717, 1.165) is 22.1 Å². The van der Waals surface area contributed by atoms with Crippen LogP contribution in [-0.2, 0) is 9.84 Å². The predicted molar refractivity (Wildman–Crippen MR) is 125 cm³/mol. The molecule has 32 heavy (non-hydrogen) atoms. The third kappa shape index (κ3) is 4.19. The van der Waals surface area contributed by atoms with E-state index >= 15 is 0 Å². The second-order valence-corrected chi connectivity index (χ2v) is 9.75. The van der Waals surface area contributed by atoms with Gasteiger partial charge in [-0.1, -0.05) is 37.5 Å². The Morgan fingerprint density at radius 2 is 1.81 bits per heavy atom. The number of H-pyrrole nitrogens is 1. The highest BCUT2D eigenvalue weighted by molar-refractivity contribution is 7.90. The largest absolute Gasteiger partial charge is 0.323 e. The van der Waals surface area contributed by atoms with Crippen LogP contribution in [-0.4, -0.2) is 39.5 Å². The number of nitrogens with one attached hydrogen (secondary N) is 2. The molecule has 2 N–H and O–H groups in total. The minimum absolute atomic E-state index is 0.263. The summed E-state index contributed by atoms with van der Waals surface area (Å²) in [6.07, 6.45) is 9.14. The number of anilines is 2. The lowest BCUT2D eigenvalue weighted by molar-refractivity contribution is 0.602. The lowest BCUT2D eigenvalue weighted by atomic mass is 10.1. The van der Waals surface area contributed by atoms with Crippen LogP contribution in [0.15, 0.2) is 71.9 Å². The van der Waals surface area contributed by atoms with E-state index in [0.29, 0.717) is 17.2 Å². The number of hydrogen-bond donors (Lipinski definition) is 2. The maximum Gasteiger partial charge on any atom is 0.245 e. The maximum absolute atomic E-state index is 12.2. The van der Waals surface area contributed by atoms with Crippen LogP contribution in [0.25, 0.3) is 27.7 Å². The summed E-state index contributed by atoms with van der Waals surface area (Å²) in [5, 5.41) is 15.7. The molecule has 0 amide bonds. The molecule has 1 saturated carbocycles. The van der Waals surface area contributed by atoms with Gasteiger partial charge in [-0.2, -0.15) is 5.10 Å². The number of benzene rings is 2. The summed E-state index contributed by atoms with van der Waals surface area (Å²) < 4.78 is 26.1. The van der Waals surface area contributed by atoms with Gasteiger partial charge >= 0.3 is 0 Å². The van der Waals surface area contributed by atoms with Gasteiger partial charge in [0.1, 0.15) is 0 Å². The molecule has 6 rings (SSSR count). The molecule has 8 nitrogen and oxygen atoms in total. The monoisotopic (exact) mass is 446 g/mol. The Hall–Kier alpha value is -3.72. The van der Waals surface area contributed by atoms with Crippen LogP contribution in [0.5, 0.6) is 0 Å². The Morgan fingerprint density at radius 3 is 2.59 bits per heavy atom. The van der Waals surface area contributed by atoms with E-state index in [1.165, 1.54) is 25.5 Å². The Labute approximate surface area is 185 Å². The smallest absolute Gasteiger partial charge is 0.245 e. The average Bonchev–Trinajstić information content (AvgIpc) is 3.49. The Bertz CT molecular complexity index is 1520. The zero-order valence-corrected chi connectivity index (χ0v) is 18.3. The van der Waals surface area contributed by atoms with Crippen LogP contribution in [0.2, 0.25) is 0 Å². The quantitative estimate of drug-likeness (QED) is 0.418. The van der Waals surface area contributed by atoms with Crippen molar-refractivity contribution in [2.75, 3.05) is 11.6 Å². The minimum Gasteiger partial charge on any atom is -0.323 e. The second kappa shape index (κ2) is 8.08. The lowest BCUT2D eigenvalue weighted by Gasteiger charge is -2.09. The van der Waals surface area contributed by atoms with Gasteiger partial charge in [0.15, 0.2) is 9.84 Å². The second-order valence-electron chi connectivity index (χ2n) is 7.76. The maximum atomic E-state index is 12.2. The van der Waals surface area contributed by atoms with Gasteiger partial charge < -0.3 is 5.32 Å². The summed E-state index contributed by atoms with van der Waals surface area (Å²) in [4.78, 5) is 4.63. The number of rotatable bonds is 4. The molecule has 162 valence electrons. The van der Waals surface area contributed by atoms with E-state index in [-0.39, 0.29) is 4.90 Å². The Kier molecular flexibility index (Phi) is 5.10. The molecule has 5 aromatic rings. The van der Waals surface area contributed by atoms with E-state index in [4.69, 9.17) is 0 Å². The Balaban J connectivity index is 0.000000666. The van der Waals surface area contributed by atoms with Gasteiger partial charge in [0.25, 0.3) is 0 Å². The Morgan fingerprint density at radius 1 is 1.00 bits per heavy atom. The average molecular weight is 447 g/mol. The lowest BCUT2D eigenvalue weighted by Crippen LogP contribution is -2.05. The van der Waals surface area contributed by atoms with Crippen molar-refractivity contribution in [2.45, 2.75) is 24.2 Å². The van der Waals surface area contributed by atoms with Gasteiger partial charge in [-0.05, 0) is 36.4 Å². The standard InChI is InChI=1S/C20H16N6O2S.C3H6/c1-29(27,28)19-5-3-2-4-16(19)18-9-7-15-12-21-20(25-26(15)18)23-14-6-8-17-13(10-14)11-22-24-17;1-2-3-1/h2-12H,1H3,(H,22,24)(H,23,25);1-3H2. The number of fused-ring (bicyclic) bond motifs is 2. The molecule has 3 heterocycles. The first-order valence-electron chi connectivity index (χ1n) is 10.3. The van der Waals surface area contributed by atoms with Crippen molar-refractivity contribution in [2.24, 2.45) is 0 Å². The van der Waals surface area contributed by atoms with Crippen LogP contribution in [0.4, 0.5) is 11.6 Å². The van der Waals surface area contributed by atoms with Crippen molar-refractivity contribution >= 4 is 37.9 Å². The molecular weight excluding hydrogens is 424 g/mol. The molecule has 0 aliphatic heterocycles. The first kappa shape index (κ1) is 20.2. The molecular formula is C23H22N6O2S. The molecule has 1 aliphatic carbocycles. The van der Waals surface area contributed by atoms with Gasteiger partial charge in [-0.15, -0.1) is 5.10 Å². The van der Waals surface area contributed by atoms with Crippen molar-refractivity contribution in [3.63, 3.8) is 0 Å². The number of aromatic nitrogens is 5. The van der Waals surface area contributed by atoms with E-state index in [1.807, 2.05) is 36.4 Å². The van der Waals surface area contributed by atoms with Gasteiger partial charge in [0.05, 0.1) is 34.0 Å². The van der Waals surface area contributed by atoms with E-state index in [1.54, 1.807) is 35.1 Å². The first-order chi connectivity index (χ1) is 15.5. The van der Waals surface area contributed by atoms with Crippen LogP contribution in [0, 0.1) is 0 Å². The third-order valence-corrected chi connectivity index (χ3v) is 6.17. The van der Waals surface area contributed by atoms with Crippen molar-refractivity contribution in [1.29, 1.82) is 0 Å². The van der Waals surface area contributed by atoms with Crippen LogP contribution < -0.4 is 5.32 Å². The molecule has 0 radical (unpaired) electrons. The van der Waals surface area contributed by atoms with Crippen LogP contribution in [0.3, 0.4) is 0 Å². The van der Waals surface area contributed by atoms with E-state index in [2.05, 4.69) is 25.6 Å².